The molecule has 0 aliphatic carbocycles. The number of Topliss-reactive ketones (excluding diaryl/α,β-unsaturated/α-hetero) is 2. The van der Waals surface area contributed by atoms with E-state index in [1.807, 2.05) is 12.1 Å². The maximum absolute atomic E-state index is 12.7. The number of ketones is 2. The smallest absolute Gasteiger partial charge is 0.342 e. The molecule has 3 aromatic rings. The van der Waals surface area contributed by atoms with E-state index in [0.29, 0.717) is 22.2 Å². The summed E-state index contributed by atoms with van der Waals surface area (Å²) in [4.78, 5) is 39.9. The van der Waals surface area contributed by atoms with Gasteiger partial charge in [0.2, 0.25) is 5.78 Å². The van der Waals surface area contributed by atoms with E-state index in [9.17, 15) is 19.5 Å². The second kappa shape index (κ2) is 7.31. The summed E-state index contributed by atoms with van der Waals surface area (Å²) in [5, 5.41) is 11.7. The van der Waals surface area contributed by atoms with Crippen LogP contribution in [0.15, 0.2) is 36.4 Å². The zero-order valence-corrected chi connectivity index (χ0v) is 16.1. The molecule has 0 fully saturated rings. The lowest BCUT2D eigenvalue weighted by molar-refractivity contribution is 0.0314. The topological polar surface area (TPSA) is 96.5 Å². The first-order chi connectivity index (χ1) is 13.2. The summed E-state index contributed by atoms with van der Waals surface area (Å²) in [6.45, 7) is 6.28. The predicted molar refractivity (Wildman–Crippen MR) is 105 cm³/mol. The molecule has 0 spiro atoms. The van der Waals surface area contributed by atoms with Gasteiger partial charge in [-0.25, -0.2) is 4.79 Å². The molecule has 1 aromatic heterocycles. The number of nitrogens with one attached hydrogen (secondary N) is 1. The Hall–Kier alpha value is -3.41. The fourth-order valence-electron chi connectivity index (χ4n) is 3.43. The fraction of sp³-hybridized carbons (Fsp3) is 0.227. The Labute approximate surface area is 162 Å². The molecule has 6 heteroatoms. The molecule has 0 bridgehead atoms. The van der Waals surface area contributed by atoms with Crippen LogP contribution in [0.4, 0.5) is 0 Å². The number of phenolic OH excluding ortho intramolecular Hbond substituents is 1. The summed E-state index contributed by atoms with van der Waals surface area (Å²) in [5.74, 6) is -1.57. The highest BCUT2D eigenvalue weighted by Crippen LogP contribution is 2.29. The van der Waals surface area contributed by atoms with E-state index in [4.69, 9.17) is 4.74 Å². The van der Waals surface area contributed by atoms with Gasteiger partial charge in [-0.15, -0.1) is 0 Å². The Kier molecular flexibility index (Phi) is 5.05. The van der Waals surface area contributed by atoms with Crippen molar-refractivity contribution in [3.63, 3.8) is 0 Å². The zero-order valence-electron chi connectivity index (χ0n) is 16.1. The fourth-order valence-corrected chi connectivity index (χ4v) is 3.43. The maximum atomic E-state index is 12.7. The third-order valence-electron chi connectivity index (χ3n) is 4.81. The number of aryl methyl sites for hydroxylation is 1. The molecule has 0 aliphatic heterocycles. The first-order valence-electron chi connectivity index (χ1n) is 8.88. The predicted octanol–water partition coefficient (Wildman–Crippen LogP) is 4.12. The summed E-state index contributed by atoms with van der Waals surface area (Å²) >= 11 is 0. The van der Waals surface area contributed by atoms with Gasteiger partial charge in [-0.1, -0.05) is 30.3 Å². The van der Waals surface area contributed by atoms with E-state index in [-0.39, 0.29) is 22.8 Å². The molecule has 0 saturated heterocycles. The van der Waals surface area contributed by atoms with E-state index in [1.54, 1.807) is 32.0 Å². The summed E-state index contributed by atoms with van der Waals surface area (Å²) in [5.41, 5.74) is 1.83. The van der Waals surface area contributed by atoms with Crippen molar-refractivity contribution in [2.24, 2.45) is 0 Å². The molecule has 1 heterocycles. The van der Waals surface area contributed by atoms with Crippen molar-refractivity contribution in [2.45, 2.75) is 33.8 Å². The number of esters is 1. The quantitative estimate of drug-likeness (QED) is 0.513. The highest BCUT2D eigenvalue weighted by Gasteiger charge is 2.27. The highest BCUT2D eigenvalue weighted by atomic mass is 16.5. The summed E-state index contributed by atoms with van der Waals surface area (Å²) in [6, 6.07) is 10.3. The lowest BCUT2D eigenvalue weighted by atomic mass is 10.0. The van der Waals surface area contributed by atoms with Gasteiger partial charge < -0.3 is 14.8 Å². The average molecular weight is 379 g/mol. The number of H-pyrrole nitrogens is 1. The Morgan fingerprint density at radius 3 is 2.39 bits per heavy atom. The number of aromatic hydroxyl groups is 1. The van der Waals surface area contributed by atoms with Crippen LogP contribution in [0.3, 0.4) is 0 Å². The van der Waals surface area contributed by atoms with Crippen LogP contribution in [0.5, 0.6) is 5.75 Å². The van der Waals surface area contributed by atoms with Crippen molar-refractivity contribution >= 4 is 28.3 Å². The molecule has 2 aromatic carbocycles. The number of carbonyl (C=O) groups excluding carboxylic acids is 3. The number of aromatic nitrogens is 1. The number of carbonyl (C=O) groups is 3. The number of hydrogen-bond donors (Lipinski definition) is 2. The van der Waals surface area contributed by atoms with Crippen LogP contribution in [-0.4, -0.2) is 33.7 Å². The lowest BCUT2D eigenvalue weighted by Gasteiger charge is -2.13. The monoisotopic (exact) mass is 379 g/mol. The molecule has 6 nitrogen and oxygen atoms in total. The van der Waals surface area contributed by atoms with Gasteiger partial charge in [0.15, 0.2) is 11.9 Å². The summed E-state index contributed by atoms with van der Waals surface area (Å²) in [6.07, 6.45) is -1.09. The Balaban J connectivity index is 1.85. The van der Waals surface area contributed by atoms with E-state index < -0.39 is 17.9 Å². The van der Waals surface area contributed by atoms with E-state index in [1.165, 1.54) is 19.9 Å². The van der Waals surface area contributed by atoms with Gasteiger partial charge in [-0.3, -0.25) is 9.59 Å². The van der Waals surface area contributed by atoms with Gasteiger partial charge in [0, 0.05) is 16.6 Å². The van der Waals surface area contributed by atoms with Crippen LogP contribution in [0.2, 0.25) is 0 Å². The molecule has 1 atom stereocenters. The largest absolute Gasteiger partial charge is 0.506 e. The minimum absolute atomic E-state index is 0.0119. The van der Waals surface area contributed by atoms with E-state index >= 15 is 0 Å². The third kappa shape index (κ3) is 3.29. The van der Waals surface area contributed by atoms with Crippen LogP contribution in [0, 0.1) is 13.8 Å². The SMILES string of the molecule is CC(=O)c1c(C)[nH]c(C(=O)[C@H](C)OC(=O)c2ccc3ccccc3c2O)c1C. The molecule has 28 heavy (non-hydrogen) atoms. The second-order valence-electron chi connectivity index (χ2n) is 6.78. The number of benzene rings is 2. The van der Waals surface area contributed by atoms with Crippen molar-refractivity contribution < 1.29 is 24.2 Å². The molecular weight excluding hydrogens is 358 g/mol. The molecule has 0 saturated carbocycles. The summed E-state index contributed by atoms with van der Waals surface area (Å²) in [7, 11) is 0. The normalized spacial score (nSPS) is 12.0. The van der Waals surface area contributed by atoms with Crippen molar-refractivity contribution in [3.8, 4) is 5.75 Å². The standard InChI is InChI=1S/C22H21NO5/c1-11-18(13(3)24)12(2)23-19(11)20(25)14(4)28-22(27)17-10-9-15-7-5-6-8-16(15)21(17)26/h5-10,14,23,26H,1-4H3/t14-/m0/s1. The van der Waals surface area contributed by atoms with Crippen molar-refractivity contribution in [2.75, 3.05) is 0 Å². The number of aromatic amines is 1. The minimum atomic E-state index is -1.09. The Bertz CT molecular complexity index is 1110. The van der Waals surface area contributed by atoms with Gasteiger partial charge in [0.1, 0.15) is 11.3 Å². The highest BCUT2D eigenvalue weighted by molar-refractivity contribution is 6.06. The molecule has 0 unspecified atom stereocenters. The number of phenols is 1. The molecule has 0 amide bonds. The lowest BCUT2D eigenvalue weighted by Crippen LogP contribution is -2.25. The van der Waals surface area contributed by atoms with Gasteiger partial charge in [-0.2, -0.15) is 0 Å². The van der Waals surface area contributed by atoms with E-state index in [0.717, 1.165) is 5.39 Å². The van der Waals surface area contributed by atoms with Gasteiger partial charge in [0.25, 0.3) is 0 Å². The van der Waals surface area contributed by atoms with Crippen LogP contribution < -0.4 is 0 Å². The van der Waals surface area contributed by atoms with Gasteiger partial charge >= 0.3 is 5.97 Å². The summed E-state index contributed by atoms with van der Waals surface area (Å²) < 4.78 is 5.29. The van der Waals surface area contributed by atoms with Crippen molar-refractivity contribution in [1.29, 1.82) is 0 Å². The molecule has 2 N–H and O–H groups in total. The van der Waals surface area contributed by atoms with Gasteiger partial charge in [-0.05, 0) is 44.7 Å². The second-order valence-corrected chi connectivity index (χ2v) is 6.78. The molecule has 3 rings (SSSR count). The Morgan fingerprint density at radius 2 is 1.75 bits per heavy atom. The van der Waals surface area contributed by atoms with Crippen molar-refractivity contribution in [3.05, 3.63) is 64.5 Å². The number of fused-ring (bicyclic) bond motifs is 1. The third-order valence-corrected chi connectivity index (χ3v) is 4.81. The maximum Gasteiger partial charge on any atom is 0.342 e. The molecule has 0 radical (unpaired) electrons. The average Bonchev–Trinajstić information content (AvgIpc) is 2.95. The Morgan fingerprint density at radius 1 is 1.07 bits per heavy atom. The van der Waals surface area contributed by atoms with Crippen molar-refractivity contribution in [1.82, 2.24) is 4.98 Å². The number of rotatable bonds is 5. The molecule has 0 aliphatic rings. The first-order valence-corrected chi connectivity index (χ1v) is 8.88. The van der Waals surface area contributed by atoms with Crippen LogP contribution in [0.1, 0.15) is 56.3 Å². The minimum Gasteiger partial charge on any atom is -0.506 e. The van der Waals surface area contributed by atoms with E-state index in [2.05, 4.69) is 4.98 Å². The molecular formula is C22H21NO5. The van der Waals surface area contributed by atoms with Gasteiger partial charge in [0.05, 0.1) is 5.69 Å². The zero-order chi connectivity index (χ0) is 20.6. The van der Waals surface area contributed by atoms with Crippen LogP contribution in [0.25, 0.3) is 10.8 Å². The van der Waals surface area contributed by atoms with Crippen LogP contribution >= 0.6 is 0 Å². The molecule has 144 valence electrons. The number of ether oxygens (including phenoxy) is 1. The number of hydrogen-bond acceptors (Lipinski definition) is 5. The first kappa shape index (κ1) is 19.4. The van der Waals surface area contributed by atoms with Crippen LogP contribution in [-0.2, 0) is 4.74 Å².